The van der Waals surface area contributed by atoms with Crippen molar-refractivity contribution in [1.82, 2.24) is 29.1 Å². The van der Waals surface area contributed by atoms with Gasteiger partial charge < -0.3 is 5.73 Å². The van der Waals surface area contributed by atoms with E-state index in [1.54, 1.807) is 11.3 Å². The molecule has 0 aliphatic rings. The SMILES string of the molecule is Cc1nn(Cc2nc3scc(C)c3c3c(Cl)c4ccccc4n23)c2ncnc(N)c12. The van der Waals surface area contributed by atoms with E-state index >= 15 is 0 Å². The zero-order chi connectivity index (χ0) is 20.6. The van der Waals surface area contributed by atoms with E-state index < -0.39 is 0 Å². The third-order valence-corrected chi connectivity index (χ3v) is 6.89. The van der Waals surface area contributed by atoms with Gasteiger partial charge in [0.15, 0.2) is 5.65 Å². The number of rotatable bonds is 2. The van der Waals surface area contributed by atoms with E-state index in [9.17, 15) is 0 Å². The van der Waals surface area contributed by atoms with Crippen molar-refractivity contribution in [3.63, 3.8) is 0 Å². The molecule has 0 aliphatic carbocycles. The normalized spacial score (nSPS) is 12.1. The van der Waals surface area contributed by atoms with Crippen LogP contribution in [0.4, 0.5) is 5.82 Å². The van der Waals surface area contributed by atoms with Crippen molar-refractivity contribution >= 4 is 66.4 Å². The van der Waals surface area contributed by atoms with Crippen molar-refractivity contribution < 1.29 is 0 Å². The van der Waals surface area contributed by atoms with Gasteiger partial charge in [0.25, 0.3) is 0 Å². The first-order chi connectivity index (χ1) is 14.5. The van der Waals surface area contributed by atoms with Gasteiger partial charge in [-0.15, -0.1) is 11.3 Å². The van der Waals surface area contributed by atoms with Gasteiger partial charge in [0.1, 0.15) is 29.3 Å². The maximum atomic E-state index is 6.89. The smallest absolute Gasteiger partial charge is 0.164 e. The highest BCUT2D eigenvalue weighted by Crippen LogP contribution is 2.39. The van der Waals surface area contributed by atoms with Crippen LogP contribution < -0.4 is 5.73 Å². The lowest BCUT2D eigenvalue weighted by atomic mass is 10.2. The van der Waals surface area contributed by atoms with E-state index in [4.69, 9.17) is 22.3 Å². The topological polar surface area (TPSA) is 86.9 Å². The lowest BCUT2D eigenvalue weighted by Crippen LogP contribution is -2.10. The third kappa shape index (κ3) is 2.26. The molecule has 0 unspecified atom stereocenters. The number of anilines is 1. The number of para-hydroxylation sites is 1. The number of nitrogens with zero attached hydrogens (tertiary/aromatic N) is 6. The summed E-state index contributed by atoms with van der Waals surface area (Å²) < 4.78 is 3.98. The molecule has 2 N–H and O–H groups in total. The Morgan fingerprint density at radius 3 is 2.83 bits per heavy atom. The fourth-order valence-corrected chi connectivity index (χ4v) is 5.50. The van der Waals surface area contributed by atoms with Gasteiger partial charge in [0.2, 0.25) is 0 Å². The van der Waals surface area contributed by atoms with Crippen molar-refractivity contribution in [3.8, 4) is 0 Å². The number of hydrogen-bond donors (Lipinski definition) is 1. The van der Waals surface area contributed by atoms with Gasteiger partial charge in [0.05, 0.1) is 27.1 Å². The molecular formula is C21H16ClN7S. The van der Waals surface area contributed by atoms with E-state index in [0.29, 0.717) is 18.0 Å². The molecule has 0 fully saturated rings. The second kappa shape index (κ2) is 6.13. The van der Waals surface area contributed by atoms with E-state index in [1.165, 1.54) is 11.9 Å². The number of aromatic nitrogens is 6. The van der Waals surface area contributed by atoms with Crippen molar-refractivity contribution in [2.24, 2.45) is 0 Å². The molecule has 0 amide bonds. The summed E-state index contributed by atoms with van der Waals surface area (Å²) in [4.78, 5) is 14.5. The Hall–Kier alpha value is -3.23. The summed E-state index contributed by atoms with van der Waals surface area (Å²) in [6, 6.07) is 8.13. The standard InChI is InChI=1S/C21H16ClN7S/c1-10-8-30-21-15(10)18-17(22)12-5-3-4-6-13(12)29(18)14(26-21)7-28-20-16(11(2)27-28)19(23)24-9-25-20/h3-6,8-9H,7H2,1-2H3,(H2,23,24,25). The lowest BCUT2D eigenvalue weighted by molar-refractivity contribution is 0.662. The van der Waals surface area contributed by atoms with Crippen LogP contribution in [0.15, 0.2) is 36.0 Å². The van der Waals surface area contributed by atoms with Crippen molar-refractivity contribution in [1.29, 1.82) is 0 Å². The molecular weight excluding hydrogens is 418 g/mol. The largest absolute Gasteiger partial charge is 0.383 e. The minimum Gasteiger partial charge on any atom is -0.383 e. The highest BCUT2D eigenvalue weighted by atomic mass is 35.5. The van der Waals surface area contributed by atoms with E-state index in [-0.39, 0.29) is 0 Å². The maximum Gasteiger partial charge on any atom is 0.164 e. The van der Waals surface area contributed by atoms with Crippen LogP contribution >= 0.6 is 22.9 Å². The number of halogens is 1. The second-order valence-electron chi connectivity index (χ2n) is 7.34. The fourth-order valence-electron chi connectivity index (χ4n) is 4.22. The van der Waals surface area contributed by atoms with Crippen LogP contribution in [0.1, 0.15) is 17.1 Å². The van der Waals surface area contributed by atoms with Crippen LogP contribution in [-0.2, 0) is 6.54 Å². The predicted molar refractivity (Wildman–Crippen MR) is 121 cm³/mol. The third-order valence-electron chi connectivity index (χ3n) is 5.52. The number of benzene rings is 1. The average molecular weight is 434 g/mol. The number of nitrogen functional groups attached to an aromatic ring is 1. The highest BCUT2D eigenvalue weighted by Gasteiger charge is 2.21. The predicted octanol–water partition coefficient (Wildman–Crippen LogP) is 4.74. The summed E-state index contributed by atoms with van der Waals surface area (Å²) in [7, 11) is 0. The summed E-state index contributed by atoms with van der Waals surface area (Å²) >= 11 is 8.51. The molecule has 0 spiro atoms. The monoisotopic (exact) mass is 433 g/mol. The summed E-state index contributed by atoms with van der Waals surface area (Å²) in [6.07, 6.45) is 1.46. The van der Waals surface area contributed by atoms with Gasteiger partial charge in [-0.3, -0.25) is 4.40 Å². The molecule has 6 rings (SSSR count). The van der Waals surface area contributed by atoms with Crippen molar-refractivity contribution in [2.75, 3.05) is 5.73 Å². The number of nitrogens with two attached hydrogens (primary N) is 1. The molecule has 0 atom stereocenters. The van der Waals surface area contributed by atoms with Gasteiger partial charge in [-0.1, -0.05) is 29.8 Å². The summed E-state index contributed by atoms with van der Waals surface area (Å²) in [6.45, 7) is 4.44. The molecule has 0 aliphatic heterocycles. The molecule has 148 valence electrons. The summed E-state index contributed by atoms with van der Waals surface area (Å²) in [5.74, 6) is 1.27. The molecule has 7 nitrogen and oxygen atoms in total. The van der Waals surface area contributed by atoms with E-state index in [1.807, 2.05) is 29.8 Å². The Labute approximate surface area is 179 Å². The maximum absolute atomic E-state index is 6.89. The quantitative estimate of drug-likeness (QED) is 0.426. The molecule has 30 heavy (non-hydrogen) atoms. The number of fused-ring (bicyclic) bond motifs is 6. The lowest BCUT2D eigenvalue weighted by Gasteiger charge is -2.09. The number of aryl methyl sites for hydroxylation is 2. The molecule has 0 saturated carbocycles. The zero-order valence-corrected chi connectivity index (χ0v) is 17.8. The summed E-state index contributed by atoms with van der Waals surface area (Å²) in [5, 5.41) is 10.4. The first-order valence-electron chi connectivity index (χ1n) is 9.43. The molecule has 0 radical (unpaired) electrons. The Balaban J connectivity index is 1.71. The van der Waals surface area contributed by atoms with Crippen LogP contribution in [0, 0.1) is 13.8 Å². The second-order valence-corrected chi connectivity index (χ2v) is 8.58. The van der Waals surface area contributed by atoms with Gasteiger partial charge >= 0.3 is 0 Å². The first-order valence-corrected chi connectivity index (χ1v) is 10.7. The molecule has 0 bridgehead atoms. The summed E-state index contributed by atoms with van der Waals surface area (Å²) in [5.41, 5.74) is 10.7. The van der Waals surface area contributed by atoms with Crippen molar-refractivity contribution in [3.05, 3.63) is 58.1 Å². The molecule has 9 heteroatoms. The molecule has 6 aromatic rings. The van der Waals surface area contributed by atoms with Gasteiger partial charge in [0, 0.05) is 10.8 Å². The Kier molecular flexibility index (Phi) is 3.60. The van der Waals surface area contributed by atoms with Crippen LogP contribution in [0.3, 0.4) is 0 Å². The fraction of sp³-hybridized carbons (Fsp3) is 0.143. The van der Waals surface area contributed by atoms with Gasteiger partial charge in [-0.25, -0.2) is 19.6 Å². The minimum atomic E-state index is 0.430. The highest BCUT2D eigenvalue weighted by molar-refractivity contribution is 7.17. The minimum absolute atomic E-state index is 0.430. The molecule has 0 saturated heterocycles. The van der Waals surface area contributed by atoms with Crippen LogP contribution in [0.2, 0.25) is 5.02 Å². The molecule has 1 aromatic carbocycles. The van der Waals surface area contributed by atoms with Crippen LogP contribution in [0.25, 0.3) is 37.7 Å². The first kappa shape index (κ1) is 17.6. The molecule has 5 heterocycles. The van der Waals surface area contributed by atoms with Crippen molar-refractivity contribution in [2.45, 2.75) is 20.4 Å². The van der Waals surface area contributed by atoms with E-state index in [2.05, 4.69) is 37.8 Å². The van der Waals surface area contributed by atoms with Crippen LogP contribution in [-0.4, -0.2) is 29.1 Å². The average Bonchev–Trinajstić information content (AvgIpc) is 3.36. The Morgan fingerprint density at radius 1 is 1.13 bits per heavy atom. The number of thiophene rings is 1. The zero-order valence-electron chi connectivity index (χ0n) is 16.2. The van der Waals surface area contributed by atoms with Gasteiger partial charge in [-0.05, 0) is 30.9 Å². The molecule has 5 aromatic heterocycles. The van der Waals surface area contributed by atoms with Crippen LogP contribution in [0.5, 0.6) is 0 Å². The number of hydrogen-bond acceptors (Lipinski definition) is 6. The van der Waals surface area contributed by atoms with E-state index in [0.717, 1.165) is 48.6 Å². The van der Waals surface area contributed by atoms with Gasteiger partial charge in [-0.2, -0.15) is 5.10 Å². The Morgan fingerprint density at radius 2 is 1.97 bits per heavy atom. The Bertz CT molecular complexity index is 1630.